The van der Waals surface area contributed by atoms with E-state index in [1.165, 1.54) is 5.57 Å². The summed E-state index contributed by atoms with van der Waals surface area (Å²) >= 11 is 0. The highest BCUT2D eigenvalue weighted by molar-refractivity contribution is 5.32. The molecule has 440 valence electrons. The molecule has 4 saturated heterocycles. The topological polar surface area (TPSA) is 377 Å². The van der Waals surface area contributed by atoms with Crippen LogP contribution in [0, 0.1) is 45.3 Å². The normalized spacial score (nSPS) is 51.5. The molecule has 0 amide bonds. The Kier molecular flexibility index (Phi) is 18.3. The highest BCUT2D eigenvalue weighted by Crippen LogP contribution is 2.75. The van der Waals surface area contributed by atoms with Crippen LogP contribution in [0.1, 0.15) is 107 Å². The number of fused-ring (bicyclic) bond motifs is 5. The van der Waals surface area contributed by atoms with E-state index in [-0.39, 0.29) is 47.5 Å². The first-order chi connectivity index (χ1) is 35.5. The summed E-state index contributed by atoms with van der Waals surface area (Å²) in [6.45, 7) is 14.1. The highest BCUT2D eigenvalue weighted by atomic mass is 16.8. The lowest BCUT2D eigenvalue weighted by molar-refractivity contribution is -0.379. The Balaban J connectivity index is 0.982. The molecule has 3 saturated carbocycles. The van der Waals surface area contributed by atoms with Gasteiger partial charge in [-0.15, -0.1) is 0 Å². The van der Waals surface area contributed by atoms with Crippen LogP contribution >= 0.6 is 0 Å². The first kappa shape index (κ1) is 60.9. The molecule has 29 atom stereocenters. The van der Waals surface area contributed by atoms with Crippen molar-refractivity contribution in [2.24, 2.45) is 45.3 Å². The lowest BCUT2D eigenvalue weighted by atomic mass is 9.38. The predicted molar refractivity (Wildman–Crippen MR) is 262 cm³/mol. The third kappa shape index (κ3) is 10.6. The van der Waals surface area contributed by atoms with E-state index in [1.54, 1.807) is 13.8 Å². The fourth-order valence-corrected chi connectivity index (χ4v) is 15.3. The standard InChI is InChI=1S/C53H90O23/c1-22(23-15-16-51(6)30-12-10-24-25(53(30,8)31(57)17-52(23,51)7)11-14-32(49(24,2)3)74-46-42(66)38(62)35(59)27(18-54)71-46)9-13-33(50(4,5)68)75-48-44(76-47-43(67)39(63)36(60)28(19-55)72-47)40(64)37(61)29(73-48)21-70-45-41(65)34(58)26(56)20-69-45/h10,22-23,25-48,54-68H,9,11-21H2,1-8H3/t22-,23-,25-,26+,27-,28-,29-,30+,31-,32+,33-,34-,35-,36-,37-,38+,39+,40+,41-,42-,43-,44-,45+,46+,47+,48+,51+,52-,53+/m1/s1. The van der Waals surface area contributed by atoms with Crippen molar-refractivity contribution in [2.75, 3.05) is 26.4 Å². The molecule has 0 aromatic rings. The van der Waals surface area contributed by atoms with Crippen LogP contribution in [-0.2, 0) is 37.9 Å². The maximum absolute atomic E-state index is 12.7. The fourth-order valence-electron chi connectivity index (χ4n) is 15.3. The van der Waals surface area contributed by atoms with Crippen molar-refractivity contribution in [3.05, 3.63) is 11.6 Å². The number of aliphatic hydroxyl groups excluding tert-OH is 14. The zero-order valence-corrected chi connectivity index (χ0v) is 45.0. The molecule has 15 N–H and O–H groups in total. The van der Waals surface area contributed by atoms with E-state index in [0.717, 1.165) is 19.3 Å². The summed E-state index contributed by atoms with van der Waals surface area (Å²) in [6, 6.07) is 0. The second kappa shape index (κ2) is 22.9. The van der Waals surface area contributed by atoms with Crippen molar-refractivity contribution in [2.45, 2.75) is 247 Å². The number of hydrogen-bond acceptors (Lipinski definition) is 23. The molecule has 0 bridgehead atoms. The number of aliphatic hydroxyl groups is 15. The smallest absolute Gasteiger partial charge is 0.187 e. The Morgan fingerprint density at radius 1 is 0.645 bits per heavy atom. The van der Waals surface area contributed by atoms with Crippen molar-refractivity contribution in [1.82, 2.24) is 0 Å². The van der Waals surface area contributed by atoms with Crippen LogP contribution in [0.4, 0.5) is 0 Å². The fraction of sp³-hybridized carbons (Fsp3) is 0.962. The average molecular weight is 1100 g/mol. The third-order valence-electron chi connectivity index (χ3n) is 20.4. The van der Waals surface area contributed by atoms with Crippen molar-refractivity contribution in [3.8, 4) is 0 Å². The van der Waals surface area contributed by atoms with Gasteiger partial charge in [0.15, 0.2) is 25.2 Å². The maximum Gasteiger partial charge on any atom is 0.187 e. The largest absolute Gasteiger partial charge is 0.394 e. The highest BCUT2D eigenvalue weighted by Gasteiger charge is 2.70. The Hall–Kier alpha value is -1.18. The van der Waals surface area contributed by atoms with Crippen LogP contribution in [0.25, 0.3) is 0 Å². The zero-order valence-electron chi connectivity index (χ0n) is 45.0. The van der Waals surface area contributed by atoms with Crippen LogP contribution < -0.4 is 0 Å². The van der Waals surface area contributed by atoms with E-state index in [4.69, 9.17) is 37.9 Å². The number of hydrogen-bond donors (Lipinski definition) is 15. The molecule has 0 spiro atoms. The molecule has 4 heterocycles. The summed E-state index contributed by atoms with van der Waals surface area (Å²) < 4.78 is 47.6. The van der Waals surface area contributed by atoms with Gasteiger partial charge in [0.1, 0.15) is 91.6 Å². The Morgan fingerprint density at radius 3 is 1.80 bits per heavy atom. The summed E-state index contributed by atoms with van der Waals surface area (Å²) in [7, 11) is 0. The number of ether oxygens (including phenoxy) is 8. The van der Waals surface area contributed by atoms with Gasteiger partial charge in [0.05, 0.1) is 50.3 Å². The molecular weight excluding hydrogens is 1000 g/mol. The predicted octanol–water partition coefficient (Wildman–Crippen LogP) is -2.59. The third-order valence-corrected chi connectivity index (χ3v) is 20.4. The van der Waals surface area contributed by atoms with Crippen LogP contribution in [0.5, 0.6) is 0 Å². The van der Waals surface area contributed by atoms with Crippen LogP contribution in [0.2, 0.25) is 0 Å². The van der Waals surface area contributed by atoms with Gasteiger partial charge in [0.2, 0.25) is 0 Å². The van der Waals surface area contributed by atoms with Crippen molar-refractivity contribution < 1.29 is 114 Å². The Morgan fingerprint density at radius 2 is 1.21 bits per heavy atom. The minimum Gasteiger partial charge on any atom is -0.394 e. The van der Waals surface area contributed by atoms with Gasteiger partial charge < -0.3 is 114 Å². The van der Waals surface area contributed by atoms with Gasteiger partial charge in [-0.2, -0.15) is 0 Å². The van der Waals surface area contributed by atoms with Gasteiger partial charge in [-0.1, -0.05) is 53.2 Å². The van der Waals surface area contributed by atoms with Crippen LogP contribution in [-0.4, -0.2) is 244 Å². The molecule has 4 aliphatic carbocycles. The van der Waals surface area contributed by atoms with E-state index in [0.29, 0.717) is 25.7 Å². The van der Waals surface area contributed by atoms with Gasteiger partial charge in [-0.05, 0) is 99.7 Å². The van der Waals surface area contributed by atoms with Crippen LogP contribution in [0.15, 0.2) is 11.6 Å². The molecule has 76 heavy (non-hydrogen) atoms. The van der Waals surface area contributed by atoms with E-state index >= 15 is 0 Å². The van der Waals surface area contributed by atoms with Crippen molar-refractivity contribution in [3.63, 3.8) is 0 Å². The summed E-state index contributed by atoms with van der Waals surface area (Å²) in [5, 5.41) is 162. The number of rotatable bonds is 16. The van der Waals surface area contributed by atoms with Gasteiger partial charge in [0, 0.05) is 10.8 Å². The van der Waals surface area contributed by atoms with Gasteiger partial charge >= 0.3 is 0 Å². The van der Waals surface area contributed by atoms with E-state index in [9.17, 15) is 76.6 Å². The average Bonchev–Trinajstić information content (AvgIpc) is 3.88. The minimum atomic E-state index is -1.91. The number of allylic oxidation sites excluding steroid dienone is 1. The second-order valence-corrected chi connectivity index (χ2v) is 25.4. The molecule has 7 fully saturated rings. The first-order valence-corrected chi connectivity index (χ1v) is 27.4. The Labute approximate surface area is 444 Å². The quantitative estimate of drug-likeness (QED) is 0.0705. The minimum absolute atomic E-state index is 0.0175. The molecule has 23 nitrogen and oxygen atoms in total. The van der Waals surface area contributed by atoms with E-state index < -0.39 is 171 Å². The molecular formula is C53H90O23. The molecule has 8 aliphatic rings. The van der Waals surface area contributed by atoms with Gasteiger partial charge in [-0.25, -0.2) is 0 Å². The molecule has 0 radical (unpaired) electrons. The first-order valence-electron chi connectivity index (χ1n) is 27.4. The lowest BCUT2D eigenvalue weighted by Crippen LogP contribution is -2.65. The summed E-state index contributed by atoms with van der Waals surface area (Å²) in [6.07, 6.45) is -25.0. The van der Waals surface area contributed by atoms with E-state index in [2.05, 4.69) is 47.6 Å². The molecule has 0 unspecified atom stereocenters. The summed E-state index contributed by atoms with van der Waals surface area (Å²) in [5.41, 5.74) is -1.98. The lowest BCUT2D eigenvalue weighted by Gasteiger charge is -2.67. The summed E-state index contributed by atoms with van der Waals surface area (Å²) in [5.74, 6) is 0.285. The van der Waals surface area contributed by atoms with Crippen molar-refractivity contribution in [1.29, 1.82) is 0 Å². The monoisotopic (exact) mass is 1090 g/mol. The molecule has 0 aromatic carbocycles. The summed E-state index contributed by atoms with van der Waals surface area (Å²) in [4.78, 5) is 0. The van der Waals surface area contributed by atoms with Gasteiger partial charge in [-0.3, -0.25) is 0 Å². The van der Waals surface area contributed by atoms with Crippen molar-refractivity contribution >= 4 is 0 Å². The second-order valence-electron chi connectivity index (χ2n) is 25.4. The van der Waals surface area contributed by atoms with Crippen LogP contribution in [0.3, 0.4) is 0 Å². The molecule has 8 rings (SSSR count). The van der Waals surface area contributed by atoms with Gasteiger partial charge in [0.25, 0.3) is 0 Å². The van der Waals surface area contributed by atoms with E-state index in [1.807, 2.05) is 0 Å². The zero-order chi connectivity index (χ0) is 55.9. The maximum atomic E-state index is 12.7. The molecule has 4 aliphatic heterocycles. The SMILES string of the molecule is C[C@H](CC[C@@H](O[C@@H]1O[C@H](CO[C@@H]2OC[C@H](O)[C@@H](O)[C@H]2O)[C@@H](O)[C@H](O)[C@H]1O[C@@H]1O[C@H](CO)[C@@H](O)[C@H](O)[C@H]1O)C(C)(C)O)[C@H]1CC[C@@]2(C)[C@@H]3CC=C4[C@@H](CC[C@H](O[C@@H]5O[C@H](CO)[C@@H](O)[C@H](O)[C@H]5O)C4(C)C)[C@]3(C)[C@H](O)C[C@]12C. The Bertz CT molecular complexity index is 1970. The molecule has 0 aromatic heterocycles. The molecule has 23 heteroatoms.